The van der Waals surface area contributed by atoms with Crippen molar-refractivity contribution in [2.75, 3.05) is 38.7 Å². The number of carbonyl (C=O) groups is 2. The number of ether oxygens (including phenoxy) is 3. The minimum absolute atomic E-state index is 0.0899. The minimum atomic E-state index is -0.318. The first-order valence-corrected chi connectivity index (χ1v) is 10.5. The fourth-order valence-electron chi connectivity index (χ4n) is 3.08. The van der Waals surface area contributed by atoms with Crippen LogP contribution in [0.4, 0.5) is 5.69 Å². The van der Waals surface area contributed by atoms with E-state index in [-0.39, 0.29) is 18.4 Å². The molecule has 2 amide bonds. The molecule has 0 heterocycles. The molecule has 0 aliphatic rings. The van der Waals surface area contributed by atoms with Gasteiger partial charge in [-0.15, -0.1) is 0 Å². The minimum Gasteiger partial charge on any atom is -0.490 e. The van der Waals surface area contributed by atoms with Gasteiger partial charge in [0.05, 0.1) is 26.4 Å². The summed E-state index contributed by atoms with van der Waals surface area (Å²) in [4.78, 5) is 26.9. The van der Waals surface area contributed by atoms with E-state index in [1.54, 1.807) is 19.2 Å². The molecule has 0 bridgehead atoms. The lowest BCUT2D eigenvalue weighted by Gasteiger charge is -2.20. The summed E-state index contributed by atoms with van der Waals surface area (Å²) in [7, 11) is 1.59. The number of nitrogens with one attached hydrogen (secondary N) is 1. The van der Waals surface area contributed by atoms with Gasteiger partial charge >= 0.3 is 0 Å². The number of carbonyl (C=O) groups excluding carboxylic acids is 2. The predicted octanol–water partition coefficient (Wildman–Crippen LogP) is 4.21. The standard InChI is InChI=1S/C24H32N2O5/c1-7-29-20-13-18(14-21(30-8-2)23(20)31-9-3)24(28)26(6)15-22(27)25-19-12-16(4)10-11-17(19)5/h10-14H,7-9,15H2,1-6H3,(H,25,27). The smallest absolute Gasteiger partial charge is 0.254 e. The highest BCUT2D eigenvalue weighted by Crippen LogP contribution is 2.39. The predicted molar refractivity (Wildman–Crippen MR) is 121 cm³/mol. The molecule has 0 aliphatic carbocycles. The van der Waals surface area contributed by atoms with E-state index in [0.29, 0.717) is 42.6 Å². The molecule has 0 radical (unpaired) electrons. The Bertz CT molecular complexity index is 899. The normalized spacial score (nSPS) is 10.4. The first-order valence-electron chi connectivity index (χ1n) is 10.5. The SMILES string of the molecule is CCOc1cc(C(=O)N(C)CC(=O)Nc2cc(C)ccc2C)cc(OCC)c1OCC. The van der Waals surface area contributed by atoms with Crippen molar-refractivity contribution in [2.45, 2.75) is 34.6 Å². The number of nitrogens with zero attached hydrogens (tertiary/aromatic N) is 1. The number of amides is 2. The van der Waals surface area contributed by atoms with Gasteiger partial charge in [-0.2, -0.15) is 0 Å². The molecule has 2 aromatic carbocycles. The second kappa shape index (κ2) is 11.2. The van der Waals surface area contributed by atoms with Crippen molar-refractivity contribution in [1.82, 2.24) is 4.90 Å². The third-order valence-corrected chi connectivity index (χ3v) is 4.55. The molecule has 1 N–H and O–H groups in total. The molecule has 7 heteroatoms. The third-order valence-electron chi connectivity index (χ3n) is 4.55. The second-order valence-corrected chi connectivity index (χ2v) is 7.13. The monoisotopic (exact) mass is 428 g/mol. The molecule has 0 atom stereocenters. The highest BCUT2D eigenvalue weighted by Gasteiger charge is 2.21. The molecule has 0 unspecified atom stereocenters. The fraction of sp³-hybridized carbons (Fsp3) is 0.417. The lowest BCUT2D eigenvalue weighted by Crippen LogP contribution is -2.35. The van der Waals surface area contributed by atoms with Gasteiger partial charge in [-0.3, -0.25) is 9.59 Å². The maximum Gasteiger partial charge on any atom is 0.254 e. The van der Waals surface area contributed by atoms with E-state index in [1.165, 1.54) is 4.90 Å². The van der Waals surface area contributed by atoms with Crippen molar-refractivity contribution in [2.24, 2.45) is 0 Å². The van der Waals surface area contributed by atoms with Gasteiger partial charge < -0.3 is 24.4 Å². The van der Waals surface area contributed by atoms with E-state index in [1.807, 2.05) is 52.8 Å². The third kappa shape index (κ3) is 6.38. The van der Waals surface area contributed by atoms with Crippen molar-refractivity contribution >= 4 is 17.5 Å². The van der Waals surface area contributed by atoms with Gasteiger partial charge in [-0.05, 0) is 63.9 Å². The van der Waals surface area contributed by atoms with Gasteiger partial charge in [-0.25, -0.2) is 0 Å². The topological polar surface area (TPSA) is 77.1 Å². The fourth-order valence-corrected chi connectivity index (χ4v) is 3.08. The molecule has 0 aromatic heterocycles. The van der Waals surface area contributed by atoms with Crippen molar-refractivity contribution < 1.29 is 23.8 Å². The summed E-state index contributed by atoms with van der Waals surface area (Å²) >= 11 is 0. The number of hydrogen-bond acceptors (Lipinski definition) is 5. The molecule has 0 fully saturated rings. The molecule has 0 aliphatic heterocycles. The Balaban J connectivity index is 2.21. The zero-order valence-corrected chi connectivity index (χ0v) is 19.2. The van der Waals surface area contributed by atoms with Gasteiger partial charge in [0.15, 0.2) is 11.5 Å². The maximum absolute atomic E-state index is 13.0. The van der Waals surface area contributed by atoms with Crippen LogP contribution in [0.5, 0.6) is 17.2 Å². The van der Waals surface area contributed by atoms with Gasteiger partial charge in [0.2, 0.25) is 11.7 Å². The number of likely N-dealkylation sites (N-methyl/N-ethyl adjacent to an activating group) is 1. The van der Waals surface area contributed by atoms with Crippen LogP contribution in [-0.2, 0) is 4.79 Å². The molecule has 2 aromatic rings. The van der Waals surface area contributed by atoms with Crippen molar-refractivity contribution in [1.29, 1.82) is 0 Å². The van der Waals surface area contributed by atoms with Crippen LogP contribution >= 0.6 is 0 Å². The zero-order chi connectivity index (χ0) is 23.0. The van der Waals surface area contributed by atoms with Crippen LogP contribution in [0.2, 0.25) is 0 Å². The Labute approximate surface area is 184 Å². The van der Waals surface area contributed by atoms with Gasteiger partial charge in [0.1, 0.15) is 0 Å². The number of benzene rings is 2. The Morgan fingerprint density at radius 1 is 0.903 bits per heavy atom. The number of rotatable bonds is 10. The van der Waals surface area contributed by atoms with E-state index in [0.717, 1.165) is 16.8 Å². The molecule has 7 nitrogen and oxygen atoms in total. The average Bonchev–Trinajstić information content (AvgIpc) is 2.72. The molecule has 0 saturated carbocycles. The van der Waals surface area contributed by atoms with Gasteiger partial charge in [0.25, 0.3) is 5.91 Å². The van der Waals surface area contributed by atoms with E-state index >= 15 is 0 Å². The molecule has 0 spiro atoms. The molecular weight excluding hydrogens is 396 g/mol. The second-order valence-electron chi connectivity index (χ2n) is 7.13. The summed E-state index contributed by atoms with van der Waals surface area (Å²) in [5.41, 5.74) is 3.11. The number of anilines is 1. The van der Waals surface area contributed by atoms with Crippen LogP contribution in [0, 0.1) is 13.8 Å². The van der Waals surface area contributed by atoms with E-state index in [9.17, 15) is 9.59 Å². The van der Waals surface area contributed by atoms with E-state index in [4.69, 9.17) is 14.2 Å². The maximum atomic E-state index is 13.0. The van der Waals surface area contributed by atoms with Crippen LogP contribution < -0.4 is 19.5 Å². The quantitative estimate of drug-likeness (QED) is 0.613. The molecule has 2 rings (SSSR count). The largest absolute Gasteiger partial charge is 0.490 e. The summed E-state index contributed by atoms with van der Waals surface area (Å²) in [6.45, 7) is 10.6. The Morgan fingerprint density at radius 3 is 2.03 bits per heavy atom. The van der Waals surface area contributed by atoms with Crippen LogP contribution in [-0.4, -0.2) is 50.1 Å². The highest BCUT2D eigenvalue weighted by molar-refractivity contribution is 6.00. The highest BCUT2D eigenvalue weighted by atomic mass is 16.5. The molecule has 0 saturated heterocycles. The van der Waals surface area contributed by atoms with Gasteiger partial charge in [0, 0.05) is 18.3 Å². The first kappa shape index (κ1) is 24.1. The van der Waals surface area contributed by atoms with Crippen LogP contribution in [0.15, 0.2) is 30.3 Å². The molecule has 31 heavy (non-hydrogen) atoms. The summed E-state index contributed by atoms with van der Waals surface area (Å²) in [5.74, 6) is 0.753. The summed E-state index contributed by atoms with van der Waals surface area (Å²) < 4.78 is 17.0. The average molecular weight is 429 g/mol. The Kier molecular flexibility index (Phi) is 8.73. The molecule has 168 valence electrons. The summed E-state index contributed by atoms with van der Waals surface area (Å²) in [5, 5.41) is 2.88. The van der Waals surface area contributed by atoms with Crippen LogP contribution in [0.25, 0.3) is 0 Å². The first-order chi connectivity index (χ1) is 14.8. The lowest BCUT2D eigenvalue weighted by atomic mass is 10.1. The zero-order valence-electron chi connectivity index (χ0n) is 19.2. The van der Waals surface area contributed by atoms with E-state index in [2.05, 4.69) is 5.32 Å². The number of aryl methyl sites for hydroxylation is 2. The van der Waals surface area contributed by atoms with Gasteiger partial charge in [-0.1, -0.05) is 12.1 Å². The van der Waals surface area contributed by atoms with Crippen LogP contribution in [0.1, 0.15) is 42.3 Å². The summed E-state index contributed by atoms with van der Waals surface area (Å²) in [6.07, 6.45) is 0. The van der Waals surface area contributed by atoms with Crippen molar-refractivity contribution in [3.63, 3.8) is 0 Å². The lowest BCUT2D eigenvalue weighted by molar-refractivity contribution is -0.116. The Morgan fingerprint density at radius 2 is 1.48 bits per heavy atom. The van der Waals surface area contributed by atoms with Crippen LogP contribution in [0.3, 0.4) is 0 Å². The van der Waals surface area contributed by atoms with E-state index < -0.39 is 0 Å². The summed E-state index contributed by atoms with van der Waals surface area (Å²) in [6, 6.07) is 9.09. The number of hydrogen-bond donors (Lipinski definition) is 1. The van der Waals surface area contributed by atoms with Crippen molar-refractivity contribution in [3.05, 3.63) is 47.0 Å². The molecular formula is C24H32N2O5. The Hall–Kier alpha value is -3.22. The van der Waals surface area contributed by atoms with Crippen molar-refractivity contribution in [3.8, 4) is 17.2 Å².